The topological polar surface area (TPSA) is 68.0 Å². The second-order valence-electron chi connectivity index (χ2n) is 3.88. The number of pyridine rings is 1. The van der Waals surface area contributed by atoms with Crippen molar-refractivity contribution in [2.24, 2.45) is 5.73 Å². The SMILES string of the molecule is NC(=S)CCNC(=O)c1ccc2ncccc2c1. The highest BCUT2D eigenvalue weighted by atomic mass is 32.1. The first-order valence-electron chi connectivity index (χ1n) is 5.58. The highest BCUT2D eigenvalue weighted by Gasteiger charge is 2.05. The zero-order chi connectivity index (χ0) is 13.0. The third-order valence-corrected chi connectivity index (χ3v) is 2.73. The van der Waals surface area contributed by atoms with Gasteiger partial charge < -0.3 is 11.1 Å². The molecule has 0 atom stereocenters. The average molecular weight is 259 g/mol. The first-order valence-corrected chi connectivity index (χ1v) is 5.99. The fourth-order valence-electron chi connectivity index (χ4n) is 1.62. The summed E-state index contributed by atoms with van der Waals surface area (Å²) >= 11 is 4.75. The normalized spacial score (nSPS) is 10.2. The van der Waals surface area contributed by atoms with Crippen molar-refractivity contribution in [2.75, 3.05) is 6.54 Å². The number of hydrogen-bond acceptors (Lipinski definition) is 3. The minimum atomic E-state index is -0.128. The quantitative estimate of drug-likeness (QED) is 0.819. The molecule has 0 fully saturated rings. The number of thiocarbonyl (C=S) groups is 1. The van der Waals surface area contributed by atoms with Crippen molar-refractivity contribution in [3.05, 3.63) is 42.1 Å². The summed E-state index contributed by atoms with van der Waals surface area (Å²) in [4.78, 5) is 16.5. The Morgan fingerprint density at radius 1 is 1.39 bits per heavy atom. The van der Waals surface area contributed by atoms with Gasteiger partial charge in [-0.3, -0.25) is 9.78 Å². The molecule has 0 bridgehead atoms. The van der Waals surface area contributed by atoms with Crippen molar-refractivity contribution in [3.8, 4) is 0 Å². The fraction of sp³-hybridized carbons (Fsp3) is 0.154. The Morgan fingerprint density at radius 2 is 2.22 bits per heavy atom. The molecule has 0 spiro atoms. The number of aromatic nitrogens is 1. The van der Waals surface area contributed by atoms with Gasteiger partial charge >= 0.3 is 0 Å². The van der Waals surface area contributed by atoms with E-state index < -0.39 is 0 Å². The maximum Gasteiger partial charge on any atom is 0.251 e. The van der Waals surface area contributed by atoms with E-state index in [0.717, 1.165) is 10.9 Å². The second kappa shape index (κ2) is 5.55. The Balaban J connectivity index is 2.10. The summed E-state index contributed by atoms with van der Waals surface area (Å²) in [6.07, 6.45) is 2.24. The van der Waals surface area contributed by atoms with Crippen LogP contribution in [0.15, 0.2) is 36.5 Å². The molecule has 5 heteroatoms. The van der Waals surface area contributed by atoms with Crippen LogP contribution >= 0.6 is 12.2 Å². The minimum absolute atomic E-state index is 0.128. The number of nitrogens with zero attached hydrogens (tertiary/aromatic N) is 1. The molecule has 0 aliphatic rings. The number of benzene rings is 1. The van der Waals surface area contributed by atoms with E-state index in [2.05, 4.69) is 10.3 Å². The summed E-state index contributed by atoms with van der Waals surface area (Å²) in [5, 5.41) is 3.71. The molecule has 1 heterocycles. The number of nitrogens with two attached hydrogens (primary N) is 1. The Morgan fingerprint density at radius 3 is 3.00 bits per heavy atom. The van der Waals surface area contributed by atoms with Crippen molar-refractivity contribution < 1.29 is 4.79 Å². The Hall–Kier alpha value is -2.01. The summed E-state index contributed by atoms with van der Waals surface area (Å²) in [5.41, 5.74) is 6.85. The van der Waals surface area contributed by atoms with Gasteiger partial charge in [0, 0.05) is 30.1 Å². The molecule has 0 unspecified atom stereocenters. The molecule has 1 aromatic carbocycles. The third kappa shape index (κ3) is 3.01. The molecule has 18 heavy (non-hydrogen) atoms. The van der Waals surface area contributed by atoms with E-state index in [9.17, 15) is 4.79 Å². The van der Waals surface area contributed by atoms with E-state index in [-0.39, 0.29) is 5.91 Å². The van der Waals surface area contributed by atoms with E-state index in [4.69, 9.17) is 18.0 Å². The Labute approximate surface area is 110 Å². The first-order chi connectivity index (χ1) is 8.66. The predicted octanol–water partition coefficient (Wildman–Crippen LogP) is 1.64. The van der Waals surface area contributed by atoms with Crippen molar-refractivity contribution in [2.45, 2.75) is 6.42 Å². The Bertz CT molecular complexity index is 598. The number of hydrogen-bond donors (Lipinski definition) is 2. The predicted molar refractivity (Wildman–Crippen MR) is 75.5 cm³/mol. The highest BCUT2D eigenvalue weighted by Crippen LogP contribution is 2.13. The zero-order valence-corrected chi connectivity index (χ0v) is 10.5. The maximum atomic E-state index is 11.9. The molecule has 0 saturated carbocycles. The van der Waals surface area contributed by atoms with Crippen LogP contribution in [-0.2, 0) is 0 Å². The summed E-state index contributed by atoms with van der Waals surface area (Å²) in [6, 6.07) is 9.17. The molecule has 0 aliphatic carbocycles. The van der Waals surface area contributed by atoms with Gasteiger partial charge in [0.15, 0.2) is 0 Å². The zero-order valence-electron chi connectivity index (χ0n) is 9.72. The number of nitrogens with one attached hydrogen (secondary N) is 1. The molecule has 92 valence electrons. The third-order valence-electron chi connectivity index (χ3n) is 2.52. The lowest BCUT2D eigenvalue weighted by molar-refractivity contribution is 0.0955. The molecule has 1 amide bonds. The van der Waals surface area contributed by atoms with E-state index in [1.807, 2.05) is 24.3 Å². The van der Waals surface area contributed by atoms with E-state index in [1.165, 1.54) is 0 Å². The van der Waals surface area contributed by atoms with Crippen LogP contribution in [0.4, 0.5) is 0 Å². The molecule has 2 rings (SSSR count). The van der Waals surface area contributed by atoms with Crippen molar-refractivity contribution in [1.29, 1.82) is 0 Å². The molecule has 3 N–H and O–H groups in total. The van der Waals surface area contributed by atoms with Gasteiger partial charge in [-0.05, 0) is 24.3 Å². The van der Waals surface area contributed by atoms with Crippen LogP contribution in [0.5, 0.6) is 0 Å². The van der Waals surface area contributed by atoms with Crippen LogP contribution in [0.25, 0.3) is 10.9 Å². The van der Waals surface area contributed by atoms with Crippen molar-refractivity contribution in [1.82, 2.24) is 10.3 Å². The van der Waals surface area contributed by atoms with Crippen LogP contribution in [0.2, 0.25) is 0 Å². The lowest BCUT2D eigenvalue weighted by Gasteiger charge is -2.05. The molecule has 0 saturated heterocycles. The lowest BCUT2D eigenvalue weighted by atomic mass is 10.1. The number of amides is 1. The molecular formula is C13H13N3OS. The minimum Gasteiger partial charge on any atom is -0.393 e. The standard InChI is InChI=1S/C13H13N3OS/c14-12(18)5-7-16-13(17)10-3-4-11-9(8-10)2-1-6-15-11/h1-4,6,8H,5,7H2,(H2,14,18)(H,16,17). The fourth-order valence-corrected chi connectivity index (χ4v) is 1.72. The number of carbonyl (C=O) groups is 1. The summed E-state index contributed by atoms with van der Waals surface area (Å²) < 4.78 is 0. The summed E-state index contributed by atoms with van der Waals surface area (Å²) in [7, 11) is 0. The molecule has 0 radical (unpaired) electrons. The average Bonchev–Trinajstić information content (AvgIpc) is 2.37. The highest BCUT2D eigenvalue weighted by molar-refractivity contribution is 7.80. The van der Waals surface area contributed by atoms with Crippen LogP contribution in [0.3, 0.4) is 0 Å². The van der Waals surface area contributed by atoms with Gasteiger partial charge in [0.2, 0.25) is 0 Å². The summed E-state index contributed by atoms with van der Waals surface area (Å²) in [5.74, 6) is -0.128. The van der Waals surface area contributed by atoms with Gasteiger partial charge in [0.05, 0.1) is 10.5 Å². The summed E-state index contributed by atoms with van der Waals surface area (Å²) in [6.45, 7) is 0.458. The van der Waals surface area contributed by atoms with E-state index in [1.54, 1.807) is 12.3 Å². The van der Waals surface area contributed by atoms with E-state index >= 15 is 0 Å². The first kappa shape index (κ1) is 12.4. The van der Waals surface area contributed by atoms with Crippen molar-refractivity contribution in [3.63, 3.8) is 0 Å². The van der Waals surface area contributed by atoms with E-state index in [0.29, 0.717) is 23.5 Å². The van der Waals surface area contributed by atoms with Gasteiger partial charge in [-0.25, -0.2) is 0 Å². The number of carbonyl (C=O) groups excluding carboxylic acids is 1. The van der Waals surface area contributed by atoms with Crippen LogP contribution < -0.4 is 11.1 Å². The molecular weight excluding hydrogens is 246 g/mol. The largest absolute Gasteiger partial charge is 0.393 e. The van der Waals surface area contributed by atoms with Gasteiger partial charge in [0.25, 0.3) is 5.91 Å². The molecule has 2 aromatic rings. The van der Waals surface area contributed by atoms with Gasteiger partial charge in [0.1, 0.15) is 0 Å². The maximum absolute atomic E-state index is 11.9. The molecule has 0 aliphatic heterocycles. The number of fused-ring (bicyclic) bond motifs is 1. The van der Waals surface area contributed by atoms with Gasteiger partial charge in [-0.2, -0.15) is 0 Å². The van der Waals surface area contributed by atoms with Crippen LogP contribution in [-0.4, -0.2) is 22.4 Å². The van der Waals surface area contributed by atoms with Crippen molar-refractivity contribution >= 4 is 34.0 Å². The number of rotatable bonds is 4. The monoisotopic (exact) mass is 259 g/mol. The Kier molecular flexibility index (Phi) is 3.84. The van der Waals surface area contributed by atoms with Gasteiger partial charge in [-0.15, -0.1) is 0 Å². The smallest absolute Gasteiger partial charge is 0.251 e. The second-order valence-corrected chi connectivity index (χ2v) is 4.41. The lowest BCUT2D eigenvalue weighted by Crippen LogP contribution is -2.27. The molecule has 1 aromatic heterocycles. The van der Waals surface area contributed by atoms with Crippen LogP contribution in [0, 0.1) is 0 Å². The van der Waals surface area contributed by atoms with Gasteiger partial charge in [-0.1, -0.05) is 18.3 Å². The molecule has 4 nitrogen and oxygen atoms in total. The van der Waals surface area contributed by atoms with Crippen LogP contribution in [0.1, 0.15) is 16.8 Å².